The minimum absolute atomic E-state index is 0.0494. The van der Waals surface area contributed by atoms with Crippen LogP contribution in [0.5, 0.6) is 0 Å². The van der Waals surface area contributed by atoms with Crippen molar-refractivity contribution in [1.82, 2.24) is 35.0 Å². The number of carbonyl (C=O) groups is 1. The molecule has 0 bridgehead atoms. The van der Waals surface area contributed by atoms with Crippen molar-refractivity contribution in [3.8, 4) is 0 Å². The Labute approximate surface area is 192 Å². The molecular formula is C20H24F3N9O2. The van der Waals surface area contributed by atoms with E-state index in [0.29, 0.717) is 41.3 Å². The number of alkyl halides is 3. The normalized spacial score (nSPS) is 16.2. The van der Waals surface area contributed by atoms with Gasteiger partial charge in [0.2, 0.25) is 11.9 Å². The van der Waals surface area contributed by atoms with Crippen molar-refractivity contribution in [3.05, 3.63) is 24.3 Å². The molecule has 3 N–H and O–H groups in total. The van der Waals surface area contributed by atoms with Gasteiger partial charge < -0.3 is 15.4 Å². The zero-order valence-electron chi connectivity index (χ0n) is 18.4. The molecule has 1 atom stereocenters. The van der Waals surface area contributed by atoms with Gasteiger partial charge in [-0.3, -0.25) is 14.8 Å². The van der Waals surface area contributed by atoms with Crippen LogP contribution in [0.4, 0.5) is 30.8 Å². The van der Waals surface area contributed by atoms with E-state index < -0.39 is 12.8 Å². The molecule has 34 heavy (non-hydrogen) atoms. The van der Waals surface area contributed by atoms with Crippen molar-refractivity contribution in [2.75, 3.05) is 36.9 Å². The quantitative estimate of drug-likeness (QED) is 0.395. The Morgan fingerprint density at radius 2 is 2.21 bits per heavy atom. The Kier molecular flexibility index (Phi) is 7.17. The number of nitrogens with one attached hydrogen (secondary N) is 3. The lowest BCUT2D eigenvalue weighted by molar-refractivity contribution is -0.174. The van der Waals surface area contributed by atoms with Crippen LogP contribution >= 0.6 is 0 Å². The second-order valence-corrected chi connectivity index (χ2v) is 7.68. The summed E-state index contributed by atoms with van der Waals surface area (Å²) in [6.45, 7) is 1.72. The Morgan fingerprint density at radius 3 is 2.88 bits per heavy atom. The lowest BCUT2D eigenvalue weighted by Gasteiger charge is -2.13. The van der Waals surface area contributed by atoms with Gasteiger partial charge in [0, 0.05) is 12.7 Å². The van der Waals surface area contributed by atoms with Crippen molar-refractivity contribution in [2.45, 2.75) is 32.5 Å². The third-order valence-corrected chi connectivity index (χ3v) is 5.20. The maximum Gasteiger partial charge on any atom is 0.411 e. The molecular weight excluding hydrogens is 455 g/mol. The van der Waals surface area contributed by atoms with Gasteiger partial charge in [-0.15, -0.1) is 0 Å². The third kappa shape index (κ3) is 5.75. The maximum atomic E-state index is 12.6. The van der Waals surface area contributed by atoms with Gasteiger partial charge in [-0.1, -0.05) is 6.92 Å². The first-order chi connectivity index (χ1) is 16.3. The van der Waals surface area contributed by atoms with E-state index in [-0.39, 0.29) is 30.9 Å². The van der Waals surface area contributed by atoms with E-state index in [1.807, 2.05) is 6.92 Å². The highest BCUT2D eigenvalue weighted by molar-refractivity contribution is 5.95. The number of aryl methyl sites for hydroxylation is 1. The number of aromatic nitrogens is 6. The minimum atomic E-state index is -4.41. The lowest BCUT2D eigenvalue weighted by atomic mass is 10.1. The SMILES string of the molecule is CCc1nn(CCOCC(F)(F)F)c2c(Nc3ccncn3)nc(NC(=O)[C@H]3CCNC3)nc12. The lowest BCUT2D eigenvalue weighted by Crippen LogP contribution is -2.25. The maximum absolute atomic E-state index is 12.6. The topological polar surface area (TPSA) is 132 Å². The van der Waals surface area contributed by atoms with E-state index in [1.54, 1.807) is 12.3 Å². The molecule has 0 unspecified atom stereocenters. The first-order valence-electron chi connectivity index (χ1n) is 10.8. The summed E-state index contributed by atoms with van der Waals surface area (Å²) >= 11 is 0. The predicted octanol–water partition coefficient (Wildman–Crippen LogP) is 2.05. The van der Waals surface area contributed by atoms with Crippen LogP contribution in [-0.2, 0) is 22.5 Å². The van der Waals surface area contributed by atoms with Gasteiger partial charge in [0.25, 0.3) is 0 Å². The molecule has 4 heterocycles. The highest BCUT2D eigenvalue weighted by Crippen LogP contribution is 2.28. The number of fused-ring (bicyclic) bond motifs is 1. The van der Waals surface area contributed by atoms with E-state index in [9.17, 15) is 18.0 Å². The average Bonchev–Trinajstić information content (AvgIpc) is 3.45. The first kappa shape index (κ1) is 23.8. The summed E-state index contributed by atoms with van der Waals surface area (Å²) < 4.78 is 43.6. The predicted molar refractivity (Wildman–Crippen MR) is 116 cm³/mol. The second-order valence-electron chi connectivity index (χ2n) is 7.68. The molecule has 1 aliphatic rings. The van der Waals surface area contributed by atoms with Crippen molar-refractivity contribution in [3.63, 3.8) is 0 Å². The molecule has 0 radical (unpaired) electrons. The standard InChI is InChI=1S/C20H24F3N9O2/c1-2-13-15-16(32(31-13)7-8-34-10-20(21,22)23)17(27-14-4-6-25-11-26-14)29-19(28-15)30-18(33)12-3-5-24-9-12/h4,6,11-12,24H,2-3,5,7-10H2,1H3,(H2,25,26,27,28,29,30,33)/t12-/m0/s1. The van der Waals surface area contributed by atoms with E-state index in [2.05, 4.69) is 41.0 Å². The number of hydrogen-bond acceptors (Lipinski definition) is 9. The molecule has 1 saturated heterocycles. The largest absolute Gasteiger partial charge is 0.411 e. The zero-order valence-corrected chi connectivity index (χ0v) is 18.4. The van der Waals surface area contributed by atoms with Crippen LogP contribution in [0.1, 0.15) is 19.0 Å². The highest BCUT2D eigenvalue weighted by atomic mass is 19.4. The van der Waals surface area contributed by atoms with Gasteiger partial charge in [0.15, 0.2) is 5.82 Å². The Hall–Kier alpha value is -3.39. The summed E-state index contributed by atoms with van der Waals surface area (Å²) in [7, 11) is 0. The molecule has 11 nitrogen and oxygen atoms in total. The number of rotatable bonds is 9. The van der Waals surface area contributed by atoms with Crippen LogP contribution in [0.25, 0.3) is 11.0 Å². The number of ether oxygens (including phenoxy) is 1. The molecule has 3 aromatic heterocycles. The van der Waals surface area contributed by atoms with E-state index in [1.165, 1.54) is 11.0 Å². The van der Waals surface area contributed by atoms with Crippen LogP contribution in [0.15, 0.2) is 18.6 Å². The zero-order chi connectivity index (χ0) is 24.1. The van der Waals surface area contributed by atoms with Crippen molar-refractivity contribution in [1.29, 1.82) is 0 Å². The fraction of sp³-hybridized carbons (Fsp3) is 0.500. The highest BCUT2D eigenvalue weighted by Gasteiger charge is 2.28. The minimum Gasteiger partial charge on any atom is -0.370 e. The van der Waals surface area contributed by atoms with Crippen molar-refractivity contribution >= 4 is 34.5 Å². The van der Waals surface area contributed by atoms with Crippen molar-refractivity contribution < 1.29 is 22.7 Å². The van der Waals surface area contributed by atoms with Gasteiger partial charge in [0.05, 0.1) is 24.8 Å². The van der Waals surface area contributed by atoms with Crippen LogP contribution in [0.3, 0.4) is 0 Å². The molecule has 14 heteroatoms. The molecule has 1 fully saturated rings. The molecule has 0 aliphatic carbocycles. The number of amides is 1. The first-order valence-corrected chi connectivity index (χ1v) is 10.8. The smallest absolute Gasteiger partial charge is 0.370 e. The van der Waals surface area contributed by atoms with Crippen LogP contribution < -0.4 is 16.0 Å². The number of anilines is 3. The van der Waals surface area contributed by atoms with E-state index >= 15 is 0 Å². The second kappa shape index (κ2) is 10.3. The van der Waals surface area contributed by atoms with Crippen molar-refractivity contribution in [2.24, 2.45) is 5.92 Å². The molecule has 4 rings (SSSR count). The molecule has 0 saturated carbocycles. The molecule has 0 aromatic carbocycles. The third-order valence-electron chi connectivity index (χ3n) is 5.20. The number of carbonyl (C=O) groups excluding carboxylic acids is 1. The fourth-order valence-electron chi connectivity index (χ4n) is 3.60. The van der Waals surface area contributed by atoms with Gasteiger partial charge in [-0.2, -0.15) is 23.3 Å². The summed E-state index contributed by atoms with van der Waals surface area (Å²) in [5.74, 6) is 0.460. The van der Waals surface area contributed by atoms with Gasteiger partial charge in [0.1, 0.15) is 29.8 Å². The van der Waals surface area contributed by atoms with Gasteiger partial charge in [-0.05, 0) is 25.5 Å². The molecule has 3 aromatic rings. The van der Waals surface area contributed by atoms with Gasteiger partial charge in [-0.25, -0.2) is 15.0 Å². The van der Waals surface area contributed by atoms with Crippen LogP contribution in [0.2, 0.25) is 0 Å². The van der Waals surface area contributed by atoms with E-state index in [0.717, 1.165) is 13.0 Å². The molecule has 1 aliphatic heterocycles. The van der Waals surface area contributed by atoms with Gasteiger partial charge >= 0.3 is 6.18 Å². The molecule has 1 amide bonds. The summed E-state index contributed by atoms with van der Waals surface area (Å²) in [6, 6.07) is 1.63. The van der Waals surface area contributed by atoms with Crippen LogP contribution in [-0.4, -0.2) is 68.1 Å². The number of hydrogen-bond donors (Lipinski definition) is 3. The summed E-state index contributed by atoms with van der Waals surface area (Å²) in [4.78, 5) is 29.6. The Balaban J connectivity index is 1.67. The average molecular weight is 479 g/mol. The number of halogens is 3. The monoisotopic (exact) mass is 479 g/mol. The Morgan fingerprint density at radius 1 is 1.35 bits per heavy atom. The van der Waals surface area contributed by atoms with E-state index in [4.69, 9.17) is 4.74 Å². The summed E-state index contributed by atoms with van der Waals surface area (Å²) in [6.07, 6.45) is -0.280. The summed E-state index contributed by atoms with van der Waals surface area (Å²) in [5, 5.41) is 13.5. The Bertz CT molecular complexity index is 1130. The van der Waals surface area contributed by atoms with Crippen LogP contribution in [0, 0.1) is 5.92 Å². The fourth-order valence-corrected chi connectivity index (χ4v) is 3.60. The number of nitrogens with zero attached hydrogens (tertiary/aromatic N) is 6. The molecule has 182 valence electrons. The summed E-state index contributed by atoms with van der Waals surface area (Å²) in [5.41, 5.74) is 1.55. The molecule has 0 spiro atoms.